The second kappa shape index (κ2) is 6.75. The summed E-state index contributed by atoms with van der Waals surface area (Å²) >= 11 is 0. The highest BCUT2D eigenvalue weighted by molar-refractivity contribution is 5.85. The van der Waals surface area contributed by atoms with Crippen molar-refractivity contribution in [1.82, 2.24) is 15.5 Å². The summed E-state index contributed by atoms with van der Waals surface area (Å²) in [6.45, 7) is 10.2. The van der Waals surface area contributed by atoms with Crippen LogP contribution in [0.5, 0.6) is 0 Å². The first-order chi connectivity index (χ1) is 8.79. The molecule has 1 rings (SSSR count). The molecule has 6 nitrogen and oxygen atoms in total. The Morgan fingerprint density at radius 3 is 2.58 bits per heavy atom. The SMILES string of the molecule is C[C@@H](NC(=O)OC(C)(C)C)C(=O)N1CCCNCC1. The molecule has 19 heavy (non-hydrogen) atoms. The molecule has 1 atom stereocenters. The number of hydrogen-bond acceptors (Lipinski definition) is 4. The molecule has 0 spiro atoms. The maximum atomic E-state index is 12.2. The summed E-state index contributed by atoms with van der Waals surface area (Å²) in [6.07, 6.45) is 0.381. The van der Waals surface area contributed by atoms with Gasteiger partial charge in [-0.15, -0.1) is 0 Å². The van der Waals surface area contributed by atoms with Gasteiger partial charge in [-0.3, -0.25) is 4.79 Å². The molecule has 0 aromatic rings. The van der Waals surface area contributed by atoms with Gasteiger partial charge in [0.1, 0.15) is 11.6 Å². The Morgan fingerprint density at radius 2 is 1.95 bits per heavy atom. The molecule has 0 aromatic heterocycles. The van der Waals surface area contributed by atoms with Gasteiger partial charge in [-0.05, 0) is 40.7 Å². The number of alkyl carbamates (subject to hydrolysis) is 1. The zero-order chi connectivity index (χ0) is 14.5. The van der Waals surface area contributed by atoms with E-state index >= 15 is 0 Å². The summed E-state index contributed by atoms with van der Waals surface area (Å²) in [5, 5.41) is 5.82. The molecule has 110 valence electrons. The van der Waals surface area contributed by atoms with Gasteiger partial charge < -0.3 is 20.3 Å². The van der Waals surface area contributed by atoms with Gasteiger partial charge in [0.15, 0.2) is 0 Å². The van der Waals surface area contributed by atoms with Crippen molar-refractivity contribution in [3.8, 4) is 0 Å². The fraction of sp³-hybridized carbons (Fsp3) is 0.846. The average molecular weight is 271 g/mol. The fourth-order valence-electron chi connectivity index (χ4n) is 1.89. The second-order valence-electron chi connectivity index (χ2n) is 5.80. The number of amides is 2. The largest absolute Gasteiger partial charge is 0.444 e. The van der Waals surface area contributed by atoms with Gasteiger partial charge in [-0.2, -0.15) is 0 Å². The van der Waals surface area contributed by atoms with Gasteiger partial charge in [-0.25, -0.2) is 4.79 Å². The molecule has 0 aliphatic carbocycles. The summed E-state index contributed by atoms with van der Waals surface area (Å²) in [4.78, 5) is 25.6. The lowest BCUT2D eigenvalue weighted by molar-refractivity contribution is -0.132. The van der Waals surface area contributed by atoms with Crippen molar-refractivity contribution in [2.24, 2.45) is 0 Å². The molecule has 2 amide bonds. The van der Waals surface area contributed by atoms with Crippen molar-refractivity contribution in [2.75, 3.05) is 26.2 Å². The van der Waals surface area contributed by atoms with Crippen molar-refractivity contribution < 1.29 is 14.3 Å². The van der Waals surface area contributed by atoms with Crippen molar-refractivity contribution >= 4 is 12.0 Å². The number of nitrogens with zero attached hydrogens (tertiary/aromatic N) is 1. The molecule has 0 saturated carbocycles. The van der Waals surface area contributed by atoms with Crippen LogP contribution in [-0.2, 0) is 9.53 Å². The van der Waals surface area contributed by atoms with E-state index in [2.05, 4.69) is 10.6 Å². The van der Waals surface area contributed by atoms with Crippen LogP contribution in [0.2, 0.25) is 0 Å². The Bertz CT molecular complexity index is 318. The molecule has 1 saturated heterocycles. The number of ether oxygens (including phenoxy) is 1. The number of carbonyl (C=O) groups is 2. The maximum absolute atomic E-state index is 12.2. The quantitative estimate of drug-likeness (QED) is 0.776. The van der Waals surface area contributed by atoms with Gasteiger partial charge in [0.05, 0.1) is 0 Å². The topological polar surface area (TPSA) is 70.7 Å². The van der Waals surface area contributed by atoms with Crippen LogP contribution in [0.3, 0.4) is 0 Å². The zero-order valence-electron chi connectivity index (χ0n) is 12.3. The monoisotopic (exact) mass is 271 g/mol. The molecule has 0 radical (unpaired) electrons. The Balaban J connectivity index is 2.45. The Kier molecular flexibility index (Phi) is 5.60. The molecule has 1 fully saturated rings. The lowest BCUT2D eigenvalue weighted by Crippen LogP contribution is -2.49. The third-order valence-electron chi connectivity index (χ3n) is 2.76. The number of rotatable bonds is 2. The van der Waals surface area contributed by atoms with Gasteiger partial charge in [-0.1, -0.05) is 0 Å². The molecular formula is C13H25N3O3. The summed E-state index contributed by atoms with van der Waals surface area (Å²) in [6, 6.07) is -0.562. The number of hydrogen-bond donors (Lipinski definition) is 2. The van der Waals surface area contributed by atoms with Crippen LogP contribution < -0.4 is 10.6 Å². The smallest absolute Gasteiger partial charge is 0.408 e. The summed E-state index contributed by atoms with van der Waals surface area (Å²) < 4.78 is 5.14. The van der Waals surface area contributed by atoms with Gasteiger partial charge in [0, 0.05) is 19.6 Å². The number of carbonyl (C=O) groups excluding carboxylic acids is 2. The van der Waals surface area contributed by atoms with E-state index in [1.54, 1.807) is 32.6 Å². The molecule has 0 aromatic carbocycles. The van der Waals surface area contributed by atoms with E-state index in [-0.39, 0.29) is 5.91 Å². The van der Waals surface area contributed by atoms with Crippen LogP contribution in [0, 0.1) is 0 Å². The minimum Gasteiger partial charge on any atom is -0.444 e. The molecule has 0 bridgehead atoms. The fourth-order valence-corrected chi connectivity index (χ4v) is 1.89. The Labute approximate surface area is 114 Å². The third kappa shape index (κ3) is 5.92. The Morgan fingerprint density at radius 1 is 1.26 bits per heavy atom. The van der Waals surface area contributed by atoms with E-state index in [9.17, 15) is 9.59 Å². The number of nitrogens with one attached hydrogen (secondary N) is 2. The molecule has 1 aliphatic heterocycles. The predicted octanol–water partition coefficient (Wildman–Crippen LogP) is 0.722. The van der Waals surface area contributed by atoms with Crippen LogP contribution in [0.4, 0.5) is 4.79 Å². The first-order valence-electron chi connectivity index (χ1n) is 6.78. The highest BCUT2D eigenvalue weighted by Gasteiger charge is 2.24. The summed E-state index contributed by atoms with van der Waals surface area (Å²) in [5.41, 5.74) is -0.556. The van der Waals surface area contributed by atoms with E-state index in [0.29, 0.717) is 6.54 Å². The van der Waals surface area contributed by atoms with Gasteiger partial charge in [0.25, 0.3) is 0 Å². The molecule has 2 N–H and O–H groups in total. The Hall–Kier alpha value is -1.30. The zero-order valence-corrected chi connectivity index (χ0v) is 12.3. The normalized spacial score (nSPS) is 18.4. The minimum absolute atomic E-state index is 0.0606. The van der Waals surface area contributed by atoms with Crippen molar-refractivity contribution in [2.45, 2.75) is 45.8 Å². The standard InChI is InChI=1S/C13H25N3O3/c1-10(15-12(18)19-13(2,3)4)11(17)16-8-5-6-14-7-9-16/h10,14H,5-9H2,1-4H3,(H,15,18)/t10-/m1/s1. The van der Waals surface area contributed by atoms with Crippen molar-refractivity contribution in [3.05, 3.63) is 0 Å². The van der Waals surface area contributed by atoms with E-state index in [4.69, 9.17) is 4.74 Å². The minimum atomic E-state index is -0.562. The average Bonchev–Trinajstić information content (AvgIpc) is 2.53. The third-order valence-corrected chi connectivity index (χ3v) is 2.76. The van der Waals surface area contributed by atoms with Gasteiger partial charge >= 0.3 is 6.09 Å². The highest BCUT2D eigenvalue weighted by Crippen LogP contribution is 2.07. The molecule has 6 heteroatoms. The van der Waals surface area contributed by atoms with Crippen LogP contribution in [0.1, 0.15) is 34.1 Å². The first-order valence-corrected chi connectivity index (χ1v) is 6.78. The predicted molar refractivity (Wildman–Crippen MR) is 72.9 cm³/mol. The highest BCUT2D eigenvalue weighted by atomic mass is 16.6. The van der Waals surface area contributed by atoms with Crippen LogP contribution in [-0.4, -0.2) is 54.7 Å². The molecule has 1 aliphatic rings. The summed E-state index contributed by atoms with van der Waals surface area (Å²) in [7, 11) is 0. The lowest BCUT2D eigenvalue weighted by Gasteiger charge is -2.26. The van der Waals surface area contributed by atoms with Crippen molar-refractivity contribution in [1.29, 1.82) is 0 Å². The molecule has 0 unspecified atom stereocenters. The lowest BCUT2D eigenvalue weighted by atomic mass is 10.2. The van der Waals surface area contributed by atoms with Crippen molar-refractivity contribution in [3.63, 3.8) is 0 Å². The molecule has 1 heterocycles. The first kappa shape index (κ1) is 15.8. The van der Waals surface area contributed by atoms with E-state index in [0.717, 1.165) is 26.1 Å². The van der Waals surface area contributed by atoms with E-state index < -0.39 is 17.7 Å². The van der Waals surface area contributed by atoms with Crippen LogP contribution >= 0.6 is 0 Å². The molecular weight excluding hydrogens is 246 g/mol. The van der Waals surface area contributed by atoms with E-state index in [1.165, 1.54) is 0 Å². The summed E-state index contributed by atoms with van der Waals surface area (Å²) in [5.74, 6) is -0.0606. The van der Waals surface area contributed by atoms with Gasteiger partial charge in [0.2, 0.25) is 5.91 Å². The van der Waals surface area contributed by atoms with Crippen LogP contribution in [0.15, 0.2) is 0 Å². The van der Waals surface area contributed by atoms with E-state index in [1.807, 2.05) is 0 Å². The van der Waals surface area contributed by atoms with Crippen LogP contribution in [0.25, 0.3) is 0 Å². The second-order valence-corrected chi connectivity index (χ2v) is 5.80. The maximum Gasteiger partial charge on any atom is 0.408 e.